The number of halogens is 1. The van der Waals surface area contributed by atoms with Gasteiger partial charge in [0.1, 0.15) is 5.52 Å². The zero-order valence-electron chi connectivity index (χ0n) is 9.26. The zero-order valence-corrected chi connectivity index (χ0v) is 9.26. The van der Waals surface area contributed by atoms with E-state index in [0.717, 1.165) is 5.56 Å². The Hall–Kier alpha value is -2.23. The Kier molecular flexibility index (Phi) is 2.14. The molecular weight excluding hydrogens is 217 g/mol. The van der Waals surface area contributed by atoms with E-state index in [1.165, 1.54) is 0 Å². The molecule has 2 aromatic heterocycles. The number of imidazole rings is 1. The Morgan fingerprint density at radius 3 is 2.76 bits per heavy atom. The molecule has 0 amide bonds. The molecule has 0 aliphatic rings. The number of nitrogens with zero attached hydrogens (tertiary/aromatic N) is 3. The standard InChI is InChI=1S/C13H10FN3/c1-9-6-10(8-15-7-9)13-16-11-4-2-3-5-12(11)17(13)14/h2-8H,1H3. The monoisotopic (exact) mass is 227 g/mol. The highest BCUT2D eigenvalue weighted by Gasteiger charge is 2.12. The molecular formula is C13H10FN3. The fourth-order valence-electron chi connectivity index (χ4n) is 1.85. The van der Waals surface area contributed by atoms with Gasteiger partial charge in [0, 0.05) is 18.0 Å². The van der Waals surface area contributed by atoms with Crippen molar-refractivity contribution in [3.8, 4) is 11.4 Å². The summed E-state index contributed by atoms with van der Waals surface area (Å²) < 4.78 is 14.1. The second-order valence-electron chi connectivity index (χ2n) is 3.96. The first kappa shape index (κ1) is 9.96. The van der Waals surface area contributed by atoms with Crippen LogP contribution in [0.3, 0.4) is 0 Å². The number of benzene rings is 1. The summed E-state index contributed by atoms with van der Waals surface area (Å²) in [4.78, 5) is 8.93. The number of para-hydroxylation sites is 2. The van der Waals surface area contributed by atoms with Crippen LogP contribution in [0.4, 0.5) is 4.48 Å². The fraction of sp³-hybridized carbons (Fsp3) is 0.0769. The van der Waals surface area contributed by atoms with E-state index in [1.54, 1.807) is 30.6 Å². The lowest BCUT2D eigenvalue weighted by molar-refractivity contribution is 0.391. The number of aryl methyl sites for hydroxylation is 1. The van der Waals surface area contributed by atoms with Crippen LogP contribution in [0, 0.1) is 6.92 Å². The van der Waals surface area contributed by atoms with Gasteiger partial charge < -0.3 is 0 Å². The maximum absolute atomic E-state index is 14.1. The smallest absolute Gasteiger partial charge is 0.172 e. The van der Waals surface area contributed by atoms with E-state index in [-0.39, 0.29) is 0 Å². The third-order valence-corrected chi connectivity index (χ3v) is 2.64. The van der Waals surface area contributed by atoms with Gasteiger partial charge in [-0.3, -0.25) is 4.98 Å². The van der Waals surface area contributed by atoms with Gasteiger partial charge >= 0.3 is 0 Å². The first-order valence-corrected chi connectivity index (χ1v) is 5.31. The van der Waals surface area contributed by atoms with E-state index >= 15 is 0 Å². The molecule has 0 N–H and O–H groups in total. The lowest BCUT2D eigenvalue weighted by Crippen LogP contribution is -1.89. The van der Waals surface area contributed by atoms with E-state index in [4.69, 9.17) is 0 Å². The molecule has 0 atom stereocenters. The van der Waals surface area contributed by atoms with Crippen molar-refractivity contribution in [2.45, 2.75) is 6.92 Å². The fourth-order valence-corrected chi connectivity index (χ4v) is 1.85. The Labute approximate surface area is 97.5 Å². The van der Waals surface area contributed by atoms with Crippen LogP contribution in [0.1, 0.15) is 5.56 Å². The van der Waals surface area contributed by atoms with Gasteiger partial charge in [0.05, 0.1) is 5.52 Å². The molecule has 0 aliphatic carbocycles. The second-order valence-corrected chi connectivity index (χ2v) is 3.96. The topological polar surface area (TPSA) is 30.7 Å². The molecule has 0 bridgehead atoms. The predicted octanol–water partition coefficient (Wildman–Crippen LogP) is 3.14. The van der Waals surface area contributed by atoms with E-state index < -0.39 is 0 Å². The molecule has 0 spiro atoms. The normalized spacial score (nSPS) is 10.9. The summed E-state index contributed by atoms with van der Waals surface area (Å²) in [5.41, 5.74) is 2.79. The van der Waals surface area contributed by atoms with Gasteiger partial charge in [-0.2, -0.15) is 4.79 Å². The summed E-state index contributed by atoms with van der Waals surface area (Å²) in [5.74, 6) is 0.294. The quantitative estimate of drug-likeness (QED) is 0.639. The maximum atomic E-state index is 14.1. The first-order chi connectivity index (χ1) is 8.25. The van der Waals surface area contributed by atoms with Gasteiger partial charge in [0.15, 0.2) is 5.82 Å². The minimum atomic E-state index is 0.294. The average molecular weight is 227 g/mol. The van der Waals surface area contributed by atoms with Gasteiger partial charge in [-0.05, 0) is 30.7 Å². The minimum Gasteiger partial charge on any atom is -0.264 e. The summed E-state index contributed by atoms with van der Waals surface area (Å²) in [6.07, 6.45) is 3.35. The van der Waals surface area contributed by atoms with Crippen molar-refractivity contribution in [1.82, 2.24) is 14.8 Å². The molecule has 1 aromatic carbocycles. The molecule has 0 aliphatic heterocycles. The molecule has 4 heteroatoms. The number of hydrogen-bond donors (Lipinski definition) is 0. The van der Waals surface area contributed by atoms with Gasteiger partial charge in [0.25, 0.3) is 0 Å². The Morgan fingerprint density at radius 2 is 2.00 bits per heavy atom. The van der Waals surface area contributed by atoms with Crippen molar-refractivity contribution in [2.75, 3.05) is 0 Å². The first-order valence-electron chi connectivity index (χ1n) is 5.31. The van der Waals surface area contributed by atoms with E-state index in [9.17, 15) is 4.48 Å². The number of aromatic nitrogens is 3. The number of rotatable bonds is 1. The van der Waals surface area contributed by atoms with E-state index in [2.05, 4.69) is 9.97 Å². The predicted molar refractivity (Wildman–Crippen MR) is 64.2 cm³/mol. The summed E-state index contributed by atoms with van der Waals surface area (Å²) >= 11 is 0. The van der Waals surface area contributed by atoms with Gasteiger partial charge in [-0.1, -0.05) is 16.6 Å². The molecule has 3 rings (SSSR count). The summed E-state index contributed by atoms with van der Waals surface area (Å²) in [6, 6.07) is 8.99. The molecule has 0 saturated heterocycles. The molecule has 2 heterocycles. The molecule has 17 heavy (non-hydrogen) atoms. The minimum absolute atomic E-state index is 0.294. The average Bonchev–Trinajstić information content (AvgIpc) is 2.68. The lowest BCUT2D eigenvalue weighted by Gasteiger charge is -1.99. The van der Waals surface area contributed by atoms with Crippen LogP contribution in [-0.4, -0.2) is 14.8 Å². The van der Waals surface area contributed by atoms with Crippen molar-refractivity contribution in [3.05, 3.63) is 48.3 Å². The van der Waals surface area contributed by atoms with Crippen molar-refractivity contribution in [2.24, 2.45) is 0 Å². The van der Waals surface area contributed by atoms with E-state index in [0.29, 0.717) is 27.2 Å². The number of hydrogen-bond acceptors (Lipinski definition) is 2. The number of fused-ring (bicyclic) bond motifs is 1. The van der Waals surface area contributed by atoms with Crippen LogP contribution >= 0.6 is 0 Å². The van der Waals surface area contributed by atoms with Crippen LogP contribution in [-0.2, 0) is 0 Å². The highest BCUT2D eigenvalue weighted by atomic mass is 19.2. The van der Waals surface area contributed by atoms with Gasteiger partial charge in [0.2, 0.25) is 0 Å². The molecule has 0 unspecified atom stereocenters. The maximum Gasteiger partial charge on any atom is 0.172 e. The number of pyridine rings is 1. The molecule has 3 nitrogen and oxygen atoms in total. The van der Waals surface area contributed by atoms with Crippen LogP contribution < -0.4 is 0 Å². The summed E-state index contributed by atoms with van der Waals surface area (Å²) in [7, 11) is 0. The molecule has 3 aromatic rings. The van der Waals surface area contributed by atoms with Crippen LogP contribution in [0.5, 0.6) is 0 Å². The second kappa shape index (κ2) is 3.66. The van der Waals surface area contributed by atoms with E-state index in [1.807, 2.05) is 19.1 Å². The Balaban J connectivity index is 2.27. The Bertz CT molecular complexity index is 688. The highest BCUT2D eigenvalue weighted by molar-refractivity contribution is 5.79. The van der Waals surface area contributed by atoms with Crippen molar-refractivity contribution in [1.29, 1.82) is 0 Å². The largest absolute Gasteiger partial charge is 0.264 e. The molecule has 0 saturated carbocycles. The van der Waals surface area contributed by atoms with Gasteiger partial charge in [-0.25, -0.2) is 4.98 Å². The third-order valence-electron chi connectivity index (χ3n) is 2.64. The molecule has 0 radical (unpaired) electrons. The van der Waals surface area contributed by atoms with Crippen LogP contribution in [0.2, 0.25) is 0 Å². The van der Waals surface area contributed by atoms with Crippen molar-refractivity contribution < 1.29 is 4.48 Å². The highest BCUT2D eigenvalue weighted by Crippen LogP contribution is 2.24. The zero-order chi connectivity index (χ0) is 11.8. The Morgan fingerprint density at radius 1 is 1.18 bits per heavy atom. The van der Waals surface area contributed by atoms with Gasteiger partial charge in [-0.15, -0.1) is 0 Å². The summed E-state index contributed by atoms with van der Waals surface area (Å²) in [5, 5.41) is 0. The van der Waals surface area contributed by atoms with Crippen molar-refractivity contribution >= 4 is 11.0 Å². The molecule has 0 fully saturated rings. The third kappa shape index (κ3) is 1.58. The van der Waals surface area contributed by atoms with Crippen LogP contribution in [0.15, 0.2) is 42.7 Å². The SMILES string of the molecule is Cc1cncc(-c2nc3ccccc3n2F)c1. The lowest BCUT2D eigenvalue weighted by atomic mass is 10.2. The van der Waals surface area contributed by atoms with Crippen LogP contribution in [0.25, 0.3) is 22.4 Å². The molecule has 84 valence electrons. The van der Waals surface area contributed by atoms with Crippen molar-refractivity contribution in [3.63, 3.8) is 0 Å². The summed E-state index contributed by atoms with van der Waals surface area (Å²) in [6.45, 7) is 1.92.